The number of aryl methyl sites for hydroxylation is 2. The summed E-state index contributed by atoms with van der Waals surface area (Å²) in [5.74, 6) is 0. The highest BCUT2D eigenvalue weighted by Gasteiger charge is 2.31. The third kappa shape index (κ3) is 5.37. The van der Waals surface area contributed by atoms with Crippen LogP contribution in [0.5, 0.6) is 0 Å². The molecule has 2 rings (SSSR count). The summed E-state index contributed by atoms with van der Waals surface area (Å²) in [4.78, 5) is 1.68. The molecule has 0 aromatic heterocycles. The van der Waals surface area contributed by atoms with Crippen LogP contribution in [0.25, 0.3) is 0 Å². The molecule has 2 nitrogen and oxygen atoms in total. The van der Waals surface area contributed by atoms with Gasteiger partial charge in [-0.1, -0.05) is 62.1 Å². The summed E-state index contributed by atoms with van der Waals surface area (Å²) in [6.45, 7) is 8.26. The molecule has 2 aromatic rings. The van der Waals surface area contributed by atoms with E-state index in [2.05, 4.69) is 13.8 Å². The van der Waals surface area contributed by atoms with Crippen LogP contribution in [0.15, 0.2) is 58.3 Å². The lowest BCUT2D eigenvalue weighted by atomic mass is 10.1. The molecule has 0 spiro atoms. The van der Waals surface area contributed by atoms with E-state index in [4.69, 9.17) is 0 Å². The lowest BCUT2D eigenvalue weighted by Gasteiger charge is -2.25. The van der Waals surface area contributed by atoms with Crippen molar-refractivity contribution in [2.75, 3.05) is 0 Å². The molecular weight excluding hydrogens is 360 g/mol. The molecule has 0 aliphatic carbocycles. The van der Waals surface area contributed by atoms with Crippen LogP contribution in [0.2, 0.25) is 0 Å². The first-order chi connectivity index (χ1) is 12.5. The Hall–Kier alpha value is -1.26. The number of unbranched alkanes of at least 4 members (excludes halogenated alkanes) is 1. The average Bonchev–Trinajstić information content (AvgIpc) is 2.65. The van der Waals surface area contributed by atoms with E-state index in [1.807, 2.05) is 62.4 Å². The topological polar surface area (TPSA) is 34.1 Å². The van der Waals surface area contributed by atoms with Gasteiger partial charge in [0.25, 0.3) is 0 Å². The molecule has 2 aromatic carbocycles. The minimum absolute atomic E-state index is 0.0928. The smallest absolute Gasteiger partial charge is 0.0573 e. The fourth-order valence-corrected chi connectivity index (χ4v) is 6.76. The molecule has 0 fully saturated rings. The van der Waals surface area contributed by atoms with E-state index in [-0.39, 0.29) is 10.5 Å². The number of rotatable bonds is 9. The first-order valence-corrected chi connectivity index (χ1v) is 11.8. The minimum atomic E-state index is -1.15. The molecule has 2 unspecified atom stereocenters. The molecule has 0 aliphatic heterocycles. The number of hydrogen-bond acceptors (Lipinski definition) is 2. The van der Waals surface area contributed by atoms with Crippen molar-refractivity contribution in [2.45, 2.75) is 73.7 Å². The van der Waals surface area contributed by atoms with Gasteiger partial charge < -0.3 is 0 Å². The van der Waals surface area contributed by atoms with E-state index in [1.165, 1.54) is 0 Å². The zero-order valence-corrected chi connectivity index (χ0v) is 17.9. The van der Waals surface area contributed by atoms with Crippen molar-refractivity contribution in [3.05, 3.63) is 59.7 Å². The van der Waals surface area contributed by atoms with Crippen molar-refractivity contribution in [1.29, 1.82) is 0 Å². The quantitative estimate of drug-likeness (QED) is 0.562. The second-order valence-electron chi connectivity index (χ2n) is 6.85. The van der Waals surface area contributed by atoms with E-state index in [0.717, 1.165) is 46.6 Å². The van der Waals surface area contributed by atoms with Crippen LogP contribution in [-0.2, 0) is 21.6 Å². The molecule has 4 heteroatoms. The molecule has 0 bridgehead atoms. The molecule has 0 amide bonds. The second kappa shape index (κ2) is 10.2. The fraction of sp³-hybridized carbons (Fsp3) is 0.455. The molecule has 0 aliphatic rings. The Bertz CT molecular complexity index is 736. The zero-order valence-electron chi connectivity index (χ0n) is 16.2. The molecule has 0 N–H and O–H groups in total. The Labute approximate surface area is 163 Å². The van der Waals surface area contributed by atoms with Crippen LogP contribution in [0, 0.1) is 13.8 Å². The maximum absolute atomic E-state index is 13.3. The SMILES string of the molecule is CCCC[C@H]([C@H](CC)S(=O)c1ccc(C)cc1)S(=O)c1ccc(C)cc1. The van der Waals surface area contributed by atoms with Gasteiger partial charge in [0.05, 0.1) is 32.1 Å². The van der Waals surface area contributed by atoms with Crippen LogP contribution in [0.1, 0.15) is 50.7 Å². The van der Waals surface area contributed by atoms with Crippen molar-refractivity contribution < 1.29 is 8.42 Å². The van der Waals surface area contributed by atoms with E-state index in [1.54, 1.807) is 0 Å². The van der Waals surface area contributed by atoms with E-state index in [0.29, 0.717) is 0 Å². The predicted octanol–water partition coefficient (Wildman–Crippen LogP) is 5.56. The van der Waals surface area contributed by atoms with Gasteiger partial charge in [-0.25, -0.2) is 0 Å². The highest BCUT2D eigenvalue weighted by atomic mass is 32.2. The van der Waals surface area contributed by atoms with Crippen molar-refractivity contribution in [1.82, 2.24) is 0 Å². The van der Waals surface area contributed by atoms with Crippen LogP contribution < -0.4 is 0 Å². The fourth-order valence-electron chi connectivity index (χ4n) is 3.08. The van der Waals surface area contributed by atoms with Gasteiger partial charge in [0.1, 0.15) is 0 Å². The lowest BCUT2D eigenvalue weighted by Crippen LogP contribution is -2.34. The summed E-state index contributed by atoms with van der Waals surface area (Å²) in [6.07, 6.45) is 3.65. The maximum Gasteiger partial charge on any atom is 0.0573 e. The highest BCUT2D eigenvalue weighted by Crippen LogP contribution is 2.27. The van der Waals surface area contributed by atoms with Crippen LogP contribution in [-0.4, -0.2) is 18.9 Å². The molecule has 26 heavy (non-hydrogen) atoms. The van der Waals surface area contributed by atoms with Crippen LogP contribution in [0.4, 0.5) is 0 Å². The predicted molar refractivity (Wildman–Crippen MR) is 113 cm³/mol. The van der Waals surface area contributed by atoms with Crippen LogP contribution in [0.3, 0.4) is 0 Å². The van der Waals surface area contributed by atoms with E-state index < -0.39 is 21.6 Å². The van der Waals surface area contributed by atoms with Gasteiger partial charge in [0, 0.05) is 9.79 Å². The Morgan fingerprint density at radius 2 is 1.15 bits per heavy atom. The molecule has 0 saturated heterocycles. The second-order valence-corrected chi connectivity index (χ2v) is 10.2. The van der Waals surface area contributed by atoms with Crippen molar-refractivity contribution in [2.24, 2.45) is 0 Å². The van der Waals surface area contributed by atoms with Gasteiger partial charge in [-0.05, 0) is 51.0 Å². The van der Waals surface area contributed by atoms with Gasteiger partial charge in [-0.15, -0.1) is 0 Å². The van der Waals surface area contributed by atoms with Crippen molar-refractivity contribution >= 4 is 21.6 Å². The number of hydrogen-bond donors (Lipinski definition) is 0. The summed E-state index contributed by atoms with van der Waals surface area (Å²) >= 11 is 0. The standard InChI is InChI=1S/C22H30O2S2/c1-5-7-8-22(26(24)20-15-11-18(4)12-16-20)21(6-2)25(23)19-13-9-17(3)10-14-19/h9-16,21-22H,5-8H2,1-4H3/t21-,22+,25?,26?/m0/s1. The summed E-state index contributed by atoms with van der Waals surface area (Å²) in [6, 6.07) is 15.8. The van der Waals surface area contributed by atoms with E-state index >= 15 is 0 Å². The van der Waals surface area contributed by atoms with Crippen molar-refractivity contribution in [3.8, 4) is 0 Å². The van der Waals surface area contributed by atoms with Gasteiger partial charge in [0.15, 0.2) is 0 Å². The monoisotopic (exact) mass is 390 g/mol. The molecule has 0 saturated carbocycles. The lowest BCUT2D eigenvalue weighted by molar-refractivity contribution is 0.596. The minimum Gasteiger partial charge on any atom is -0.254 e. The van der Waals surface area contributed by atoms with Gasteiger partial charge in [-0.2, -0.15) is 0 Å². The van der Waals surface area contributed by atoms with Gasteiger partial charge in [-0.3, -0.25) is 8.42 Å². The summed E-state index contributed by atoms with van der Waals surface area (Å²) in [7, 11) is -2.31. The van der Waals surface area contributed by atoms with Crippen LogP contribution >= 0.6 is 0 Å². The zero-order chi connectivity index (χ0) is 19.1. The molecule has 0 heterocycles. The average molecular weight is 391 g/mol. The Morgan fingerprint density at radius 3 is 1.54 bits per heavy atom. The summed E-state index contributed by atoms with van der Waals surface area (Å²) < 4.78 is 26.6. The Balaban J connectivity index is 2.32. The summed E-state index contributed by atoms with van der Waals surface area (Å²) in [5.41, 5.74) is 2.32. The van der Waals surface area contributed by atoms with Gasteiger partial charge in [0.2, 0.25) is 0 Å². The third-order valence-electron chi connectivity index (χ3n) is 4.72. The first-order valence-electron chi connectivity index (χ1n) is 9.42. The van der Waals surface area contributed by atoms with E-state index in [9.17, 15) is 8.42 Å². The first kappa shape index (κ1) is 21.0. The summed E-state index contributed by atoms with van der Waals surface area (Å²) in [5, 5.41) is -0.198. The maximum atomic E-state index is 13.3. The number of benzene rings is 2. The molecule has 4 atom stereocenters. The largest absolute Gasteiger partial charge is 0.254 e. The highest BCUT2D eigenvalue weighted by molar-refractivity contribution is 7.89. The molecule has 0 radical (unpaired) electrons. The molecular formula is C22H30O2S2. The Kier molecular flexibility index (Phi) is 8.23. The third-order valence-corrected chi connectivity index (χ3v) is 8.69. The van der Waals surface area contributed by atoms with Gasteiger partial charge >= 0.3 is 0 Å². The normalized spacial score (nSPS) is 16.0. The molecule has 142 valence electrons. The van der Waals surface area contributed by atoms with Crippen molar-refractivity contribution in [3.63, 3.8) is 0 Å². The Morgan fingerprint density at radius 1 is 0.731 bits per heavy atom.